The number of hydrogen-bond acceptors (Lipinski definition) is 6. The Morgan fingerprint density at radius 1 is 1.06 bits per heavy atom. The van der Waals surface area contributed by atoms with Crippen molar-refractivity contribution in [3.63, 3.8) is 0 Å². The van der Waals surface area contributed by atoms with Gasteiger partial charge in [-0.15, -0.1) is 5.10 Å². The smallest absolute Gasteiger partial charge is 0.322 e. The number of hydrogen-bond donors (Lipinski definition) is 1. The Labute approximate surface area is 187 Å². The van der Waals surface area contributed by atoms with Gasteiger partial charge in [-0.2, -0.15) is 4.31 Å². The van der Waals surface area contributed by atoms with Gasteiger partial charge in [0.1, 0.15) is 0 Å². The van der Waals surface area contributed by atoms with Gasteiger partial charge in [-0.1, -0.05) is 42.7 Å². The molecule has 9 heteroatoms. The van der Waals surface area contributed by atoms with E-state index in [4.69, 9.17) is 4.42 Å². The van der Waals surface area contributed by atoms with Crippen LogP contribution < -0.4 is 5.32 Å². The van der Waals surface area contributed by atoms with Crippen LogP contribution in [0.3, 0.4) is 0 Å². The highest BCUT2D eigenvalue weighted by Crippen LogP contribution is 2.27. The van der Waals surface area contributed by atoms with Gasteiger partial charge in [0.05, 0.1) is 4.90 Å². The van der Waals surface area contributed by atoms with Gasteiger partial charge in [0.25, 0.3) is 5.91 Å². The van der Waals surface area contributed by atoms with Crippen molar-refractivity contribution in [2.24, 2.45) is 11.8 Å². The molecule has 168 valence electrons. The topological polar surface area (TPSA) is 105 Å². The Kier molecular flexibility index (Phi) is 6.12. The summed E-state index contributed by atoms with van der Waals surface area (Å²) in [7, 11) is -3.69. The standard InChI is InChI=1S/C23H26N4O4S/c1-15-7-9-18(10-8-15)22-25-26-23(31-22)24-21(28)19-5-4-6-20(12-19)32(29,30)27-13-16(2)11-17(3)14-27/h4-10,12,16-17H,11,13-14H2,1-3H3,(H,24,26,28)/t16-,17+. The zero-order chi connectivity index (χ0) is 22.9. The highest BCUT2D eigenvalue weighted by molar-refractivity contribution is 7.89. The number of carbonyl (C=O) groups is 1. The van der Waals surface area contributed by atoms with Crippen LogP contribution in [0.25, 0.3) is 11.5 Å². The lowest BCUT2D eigenvalue weighted by Crippen LogP contribution is -2.42. The molecule has 32 heavy (non-hydrogen) atoms. The molecule has 1 amide bonds. The quantitative estimate of drug-likeness (QED) is 0.625. The van der Waals surface area contributed by atoms with Crippen LogP contribution in [0.5, 0.6) is 0 Å². The molecule has 3 aromatic rings. The van der Waals surface area contributed by atoms with E-state index in [9.17, 15) is 13.2 Å². The third-order valence-corrected chi connectivity index (χ3v) is 7.34. The van der Waals surface area contributed by atoms with E-state index in [0.717, 1.165) is 17.5 Å². The number of aromatic nitrogens is 2. The second kappa shape index (κ2) is 8.84. The molecule has 1 saturated heterocycles. The van der Waals surface area contributed by atoms with Crippen molar-refractivity contribution in [3.05, 3.63) is 59.7 Å². The first-order valence-electron chi connectivity index (χ1n) is 10.5. The molecule has 0 unspecified atom stereocenters. The first-order chi connectivity index (χ1) is 15.2. The number of benzene rings is 2. The van der Waals surface area contributed by atoms with Crippen molar-refractivity contribution >= 4 is 21.9 Å². The van der Waals surface area contributed by atoms with Gasteiger partial charge in [-0.3, -0.25) is 10.1 Å². The van der Waals surface area contributed by atoms with E-state index in [0.29, 0.717) is 24.9 Å². The number of amides is 1. The molecule has 0 bridgehead atoms. The van der Waals surface area contributed by atoms with Crippen LogP contribution in [0.1, 0.15) is 36.2 Å². The number of piperidine rings is 1. The molecule has 2 atom stereocenters. The molecule has 1 aliphatic heterocycles. The Balaban J connectivity index is 1.51. The fraction of sp³-hybridized carbons (Fsp3) is 0.348. The Hall–Kier alpha value is -3.04. The summed E-state index contributed by atoms with van der Waals surface area (Å²) < 4.78 is 33.3. The lowest BCUT2D eigenvalue weighted by Gasteiger charge is -2.34. The van der Waals surface area contributed by atoms with Crippen LogP contribution >= 0.6 is 0 Å². The molecule has 0 aliphatic carbocycles. The Morgan fingerprint density at radius 3 is 2.44 bits per heavy atom. The van der Waals surface area contributed by atoms with Crippen molar-refractivity contribution in [1.82, 2.24) is 14.5 Å². The van der Waals surface area contributed by atoms with Gasteiger partial charge in [0, 0.05) is 24.2 Å². The molecule has 2 aromatic carbocycles. The molecular weight excluding hydrogens is 428 g/mol. The van der Waals surface area contributed by atoms with E-state index in [-0.39, 0.29) is 22.4 Å². The fourth-order valence-electron chi connectivity index (χ4n) is 4.00. The lowest BCUT2D eigenvalue weighted by molar-refractivity contribution is 0.102. The van der Waals surface area contributed by atoms with E-state index in [1.807, 2.05) is 31.2 Å². The lowest BCUT2D eigenvalue weighted by atomic mass is 9.94. The van der Waals surface area contributed by atoms with Gasteiger partial charge in [0.15, 0.2) is 0 Å². The minimum Gasteiger partial charge on any atom is -0.403 e. The van der Waals surface area contributed by atoms with Gasteiger partial charge in [-0.05, 0) is 55.5 Å². The summed E-state index contributed by atoms with van der Waals surface area (Å²) in [6, 6.07) is 13.5. The summed E-state index contributed by atoms with van der Waals surface area (Å²) in [5, 5.41) is 10.4. The van der Waals surface area contributed by atoms with Crippen LogP contribution in [-0.2, 0) is 10.0 Å². The number of carbonyl (C=O) groups excluding carboxylic acids is 1. The fourth-order valence-corrected chi connectivity index (χ4v) is 5.73. The molecule has 0 saturated carbocycles. The van der Waals surface area contributed by atoms with Gasteiger partial charge in [-0.25, -0.2) is 8.42 Å². The first-order valence-corrected chi connectivity index (χ1v) is 12.0. The minimum atomic E-state index is -3.69. The van der Waals surface area contributed by atoms with Crippen molar-refractivity contribution in [2.75, 3.05) is 18.4 Å². The maximum atomic E-state index is 13.1. The van der Waals surface area contributed by atoms with Crippen LogP contribution in [0.2, 0.25) is 0 Å². The largest absolute Gasteiger partial charge is 0.403 e. The SMILES string of the molecule is Cc1ccc(-c2nnc(NC(=O)c3cccc(S(=O)(=O)N4C[C@H](C)C[C@H](C)C4)c3)o2)cc1. The van der Waals surface area contributed by atoms with Crippen molar-refractivity contribution in [1.29, 1.82) is 0 Å². The molecule has 4 rings (SSSR count). The second-order valence-electron chi connectivity index (χ2n) is 8.53. The number of nitrogens with zero attached hydrogens (tertiary/aromatic N) is 3. The van der Waals surface area contributed by atoms with E-state index in [2.05, 4.69) is 29.4 Å². The molecule has 2 heterocycles. The zero-order valence-electron chi connectivity index (χ0n) is 18.3. The maximum Gasteiger partial charge on any atom is 0.322 e. The van der Waals surface area contributed by atoms with E-state index < -0.39 is 15.9 Å². The summed E-state index contributed by atoms with van der Waals surface area (Å²) in [6.45, 7) is 7.04. The second-order valence-corrected chi connectivity index (χ2v) is 10.5. The summed E-state index contributed by atoms with van der Waals surface area (Å²) in [4.78, 5) is 12.8. The molecule has 1 aliphatic rings. The molecule has 0 radical (unpaired) electrons. The number of sulfonamides is 1. The van der Waals surface area contributed by atoms with E-state index in [1.165, 1.54) is 16.4 Å². The first kappa shape index (κ1) is 22.2. The molecular formula is C23H26N4O4S. The predicted molar refractivity (Wildman–Crippen MR) is 121 cm³/mol. The summed E-state index contributed by atoms with van der Waals surface area (Å²) in [6.07, 6.45) is 1.00. The van der Waals surface area contributed by atoms with Crippen LogP contribution in [0, 0.1) is 18.8 Å². The van der Waals surface area contributed by atoms with Crippen molar-refractivity contribution < 1.29 is 17.6 Å². The molecule has 0 spiro atoms. The van der Waals surface area contributed by atoms with Crippen LogP contribution in [0.15, 0.2) is 57.8 Å². The predicted octanol–water partition coefficient (Wildman–Crippen LogP) is 3.96. The summed E-state index contributed by atoms with van der Waals surface area (Å²) >= 11 is 0. The summed E-state index contributed by atoms with van der Waals surface area (Å²) in [5.41, 5.74) is 2.03. The van der Waals surface area contributed by atoms with Gasteiger partial charge < -0.3 is 4.42 Å². The normalized spacial score (nSPS) is 19.6. The monoisotopic (exact) mass is 454 g/mol. The molecule has 1 aromatic heterocycles. The summed E-state index contributed by atoms with van der Waals surface area (Å²) in [5.74, 6) is 0.340. The number of anilines is 1. The van der Waals surface area contributed by atoms with Crippen LogP contribution in [-0.4, -0.2) is 41.9 Å². The third-order valence-electron chi connectivity index (χ3n) is 5.51. The average molecular weight is 455 g/mol. The molecule has 1 fully saturated rings. The highest BCUT2D eigenvalue weighted by atomic mass is 32.2. The van der Waals surface area contributed by atoms with Gasteiger partial charge in [0.2, 0.25) is 15.9 Å². The molecule has 8 nitrogen and oxygen atoms in total. The number of nitrogens with one attached hydrogen (secondary N) is 1. The van der Waals surface area contributed by atoms with E-state index >= 15 is 0 Å². The third kappa shape index (κ3) is 4.73. The van der Waals surface area contributed by atoms with E-state index in [1.54, 1.807) is 12.1 Å². The maximum absolute atomic E-state index is 13.1. The van der Waals surface area contributed by atoms with Crippen LogP contribution in [0.4, 0.5) is 6.01 Å². The van der Waals surface area contributed by atoms with Gasteiger partial charge >= 0.3 is 6.01 Å². The van der Waals surface area contributed by atoms with Crippen molar-refractivity contribution in [2.45, 2.75) is 32.1 Å². The number of aryl methyl sites for hydroxylation is 1. The minimum absolute atomic E-state index is 0.0579. The number of rotatable bonds is 5. The average Bonchev–Trinajstić information content (AvgIpc) is 3.22. The zero-order valence-corrected chi connectivity index (χ0v) is 19.1. The Bertz CT molecular complexity index is 1210. The van der Waals surface area contributed by atoms with Crippen molar-refractivity contribution in [3.8, 4) is 11.5 Å². The highest BCUT2D eigenvalue weighted by Gasteiger charge is 2.32. The Morgan fingerprint density at radius 2 is 1.75 bits per heavy atom. The molecule has 1 N–H and O–H groups in total.